The molecule has 1 amide bonds. The van der Waals surface area contributed by atoms with Gasteiger partial charge in [-0.25, -0.2) is 9.37 Å². The summed E-state index contributed by atoms with van der Waals surface area (Å²) in [6.07, 6.45) is 0. The van der Waals surface area contributed by atoms with Crippen molar-refractivity contribution < 1.29 is 14.0 Å². The lowest BCUT2D eigenvalue weighted by Crippen LogP contribution is -2.27. The molecule has 0 atom stereocenters. The van der Waals surface area contributed by atoms with E-state index in [0.717, 1.165) is 11.3 Å². The molecule has 5 nitrogen and oxygen atoms in total. The molecule has 2 rings (SSSR count). The van der Waals surface area contributed by atoms with Crippen LogP contribution in [0.3, 0.4) is 0 Å². The predicted octanol–water partition coefficient (Wildman–Crippen LogP) is 3.60. The summed E-state index contributed by atoms with van der Waals surface area (Å²) in [5.41, 5.74) is 1.98. The zero-order valence-electron chi connectivity index (χ0n) is 16.0. The molecular formula is C20H24FN3O2S. The lowest BCUT2D eigenvalue weighted by molar-refractivity contribution is -0.115. The summed E-state index contributed by atoms with van der Waals surface area (Å²) in [7, 11) is 1.80. The van der Waals surface area contributed by atoms with Gasteiger partial charge in [0.25, 0.3) is 5.91 Å². The minimum absolute atomic E-state index is 0.0403. The molecule has 0 spiro atoms. The minimum atomic E-state index is -0.334. The number of carbonyl (C=O) groups is 2. The first-order chi connectivity index (χ1) is 12.8. The average molecular weight is 389 g/mol. The molecule has 0 bridgehead atoms. The van der Waals surface area contributed by atoms with Crippen LogP contribution in [0.15, 0.2) is 35.4 Å². The Bertz CT molecular complexity index is 842. The van der Waals surface area contributed by atoms with Gasteiger partial charge < -0.3 is 10.2 Å². The zero-order chi connectivity index (χ0) is 20.0. The number of pyridine rings is 1. The third-order valence-electron chi connectivity index (χ3n) is 3.87. The topological polar surface area (TPSA) is 62.3 Å². The van der Waals surface area contributed by atoms with Gasteiger partial charge in [0.1, 0.15) is 22.4 Å². The van der Waals surface area contributed by atoms with E-state index in [2.05, 4.69) is 10.3 Å². The van der Waals surface area contributed by atoms with Gasteiger partial charge >= 0.3 is 0 Å². The van der Waals surface area contributed by atoms with Gasteiger partial charge in [0, 0.05) is 13.6 Å². The molecule has 1 aromatic carbocycles. The molecule has 0 fully saturated rings. The van der Waals surface area contributed by atoms with Crippen molar-refractivity contribution in [3.63, 3.8) is 0 Å². The number of Topliss-reactive ketones (excluding diaryl/α,β-unsaturated/α-hetero) is 1. The van der Waals surface area contributed by atoms with E-state index in [1.54, 1.807) is 30.1 Å². The van der Waals surface area contributed by atoms with Gasteiger partial charge in [-0.15, -0.1) is 11.8 Å². The van der Waals surface area contributed by atoms with Crippen molar-refractivity contribution in [3.05, 3.63) is 52.8 Å². The van der Waals surface area contributed by atoms with Crippen molar-refractivity contribution >= 4 is 29.3 Å². The molecule has 1 aromatic heterocycles. The fourth-order valence-electron chi connectivity index (χ4n) is 2.67. The summed E-state index contributed by atoms with van der Waals surface area (Å²) < 4.78 is 13.3. The maximum absolute atomic E-state index is 13.3. The third-order valence-corrected chi connectivity index (χ3v) is 4.73. The Hall–Kier alpha value is -2.41. The van der Waals surface area contributed by atoms with Gasteiger partial charge in [0.05, 0.1) is 12.1 Å². The number of aromatic nitrogens is 1. The van der Waals surface area contributed by atoms with E-state index in [0.29, 0.717) is 22.0 Å². The van der Waals surface area contributed by atoms with E-state index in [9.17, 15) is 14.0 Å². The van der Waals surface area contributed by atoms with E-state index in [-0.39, 0.29) is 30.6 Å². The van der Waals surface area contributed by atoms with Gasteiger partial charge in [-0.05, 0) is 48.9 Å². The number of likely N-dealkylation sites (N-methyl/N-ethyl adjacent to an activating group) is 1. The molecule has 1 heterocycles. The Labute approximate surface area is 163 Å². The molecule has 0 saturated carbocycles. The quantitative estimate of drug-likeness (QED) is 0.699. The maximum Gasteiger partial charge on any atom is 0.254 e. The molecule has 0 aliphatic carbocycles. The van der Waals surface area contributed by atoms with Crippen molar-refractivity contribution in [3.8, 4) is 0 Å². The van der Waals surface area contributed by atoms with Gasteiger partial charge in [-0.3, -0.25) is 9.59 Å². The van der Waals surface area contributed by atoms with Gasteiger partial charge in [-0.2, -0.15) is 0 Å². The highest BCUT2D eigenvalue weighted by molar-refractivity contribution is 7.99. The molecule has 2 aromatic rings. The van der Waals surface area contributed by atoms with Crippen LogP contribution in [0.5, 0.6) is 0 Å². The number of nitrogens with zero attached hydrogens (tertiary/aromatic N) is 2. The highest BCUT2D eigenvalue weighted by Crippen LogP contribution is 2.27. The first kappa shape index (κ1) is 20.9. The predicted molar refractivity (Wildman–Crippen MR) is 107 cm³/mol. The van der Waals surface area contributed by atoms with E-state index in [1.165, 1.54) is 30.8 Å². The number of hydrogen-bond acceptors (Lipinski definition) is 5. The van der Waals surface area contributed by atoms with Crippen LogP contribution in [0.2, 0.25) is 0 Å². The van der Waals surface area contributed by atoms with Crippen LogP contribution < -0.4 is 10.2 Å². The van der Waals surface area contributed by atoms with Crippen LogP contribution in [-0.2, 0) is 11.3 Å². The number of aryl methyl sites for hydroxylation is 1. The summed E-state index contributed by atoms with van der Waals surface area (Å²) in [4.78, 5) is 30.5. The van der Waals surface area contributed by atoms with Crippen molar-refractivity contribution in [2.75, 3.05) is 24.2 Å². The summed E-state index contributed by atoms with van der Waals surface area (Å²) in [5, 5.41) is 3.46. The zero-order valence-corrected chi connectivity index (χ0v) is 16.8. The lowest BCUT2D eigenvalue weighted by atomic mass is 10.1. The number of rotatable bonds is 8. The highest BCUT2D eigenvalue weighted by atomic mass is 32.2. The summed E-state index contributed by atoms with van der Waals surface area (Å²) in [6.45, 7) is 5.86. The Morgan fingerprint density at radius 1 is 1.30 bits per heavy atom. The van der Waals surface area contributed by atoms with Crippen LogP contribution in [0.1, 0.15) is 35.3 Å². The fraction of sp³-hybridized carbons (Fsp3) is 0.350. The van der Waals surface area contributed by atoms with E-state index < -0.39 is 0 Å². The Kier molecular flexibility index (Phi) is 7.36. The van der Waals surface area contributed by atoms with Crippen molar-refractivity contribution in [2.24, 2.45) is 0 Å². The number of benzene rings is 1. The average Bonchev–Trinajstić information content (AvgIpc) is 2.59. The van der Waals surface area contributed by atoms with Crippen LogP contribution in [0.25, 0.3) is 0 Å². The number of amides is 1. The molecule has 0 unspecified atom stereocenters. The molecule has 0 saturated heterocycles. The van der Waals surface area contributed by atoms with E-state index in [4.69, 9.17) is 0 Å². The number of hydrogen-bond donors (Lipinski definition) is 1. The SMILES string of the molecule is CCSc1nc(N(C)CC(C)=O)cc(C)c1C(=O)NCc1cccc(F)c1. The van der Waals surface area contributed by atoms with Crippen molar-refractivity contribution in [1.82, 2.24) is 10.3 Å². The van der Waals surface area contributed by atoms with Crippen LogP contribution in [-0.4, -0.2) is 36.0 Å². The Morgan fingerprint density at radius 2 is 2.04 bits per heavy atom. The monoisotopic (exact) mass is 389 g/mol. The highest BCUT2D eigenvalue weighted by Gasteiger charge is 2.19. The summed E-state index contributed by atoms with van der Waals surface area (Å²) >= 11 is 1.48. The third kappa shape index (κ3) is 5.79. The molecular weight excluding hydrogens is 365 g/mol. The number of carbonyl (C=O) groups excluding carboxylic acids is 2. The molecule has 1 N–H and O–H groups in total. The molecule has 27 heavy (non-hydrogen) atoms. The number of anilines is 1. The van der Waals surface area contributed by atoms with Crippen LogP contribution in [0, 0.1) is 12.7 Å². The van der Waals surface area contributed by atoms with Crippen LogP contribution in [0.4, 0.5) is 10.2 Å². The number of thioether (sulfide) groups is 1. The first-order valence-electron chi connectivity index (χ1n) is 8.69. The summed E-state index contributed by atoms with van der Waals surface area (Å²) in [6, 6.07) is 7.94. The number of nitrogens with one attached hydrogen (secondary N) is 1. The molecule has 144 valence electrons. The van der Waals surface area contributed by atoms with Crippen molar-refractivity contribution in [2.45, 2.75) is 32.3 Å². The molecule has 0 aliphatic rings. The second kappa shape index (κ2) is 9.50. The normalized spacial score (nSPS) is 10.6. The first-order valence-corrected chi connectivity index (χ1v) is 9.68. The minimum Gasteiger partial charge on any atom is -0.352 e. The standard InChI is InChI=1S/C20H24FN3O2S/c1-5-27-20-18(13(2)9-17(23-20)24(4)12-14(3)25)19(26)22-11-15-7-6-8-16(21)10-15/h6-10H,5,11-12H2,1-4H3,(H,22,26). The van der Waals surface area contributed by atoms with Gasteiger partial charge in [-0.1, -0.05) is 19.1 Å². The largest absolute Gasteiger partial charge is 0.352 e. The van der Waals surface area contributed by atoms with Gasteiger partial charge in [0.15, 0.2) is 0 Å². The van der Waals surface area contributed by atoms with Crippen molar-refractivity contribution in [1.29, 1.82) is 0 Å². The lowest BCUT2D eigenvalue weighted by Gasteiger charge is -2.20. The number of ketones is 1. The fourth-order valence-corrected chi connectivity index (χ4v) is 3.50. The van der Waals surface area contributed by atoms with E-state index >= 15 is 0 Å². The smallest absolute Gasteiger partial charge is 0.254 e. The Morgan fingerprint density at radius 3 is 2.67 bits per heavy atom. The maximum atomic E-state index is 13.3. The van der Waals surface area contributed by atoms with Crippen LogP contribution >= 0.6 is 11.8 Å². The second-order valence-electron chi connectivity index (χ2n) is 6.28. The molecule has 0 radical (unpaired) electrons. The van der Waals surface area contributed by atoms with Gasteiger partial charge in [0.2, 0.25) is 0 Å². The second-order valence-corrected chi connectivity index (χ2v) is 7.53. The number of halogens is 1. The molecule has 0 aliphatic heterocycles. The Balaban J connectivity index is 2.25. The molecule has 7 heteroatoms. The van der Waals surface area contributed by atoms with E-state index in [1.807, 2.05) is 13.8 Å². The summed E-state index contributed by atoms with van der Waals surface area (Å²) in [5.74, 6) is 0.871.